The summed E-state index contributed by atoms with van der Waals surface area (Å²) in [4.78, 5) is 21.9. The van der Waals surface area contributed by atoms with E-state index in [-0.39, 0.29) is 11.7 Å². The van der Waals surface area contributed by atoms with Crippen molar-refractivity contribution in [3.63, 3.8) is 0 Å². The first kappa shape index (κ1) is 13.6. The van der Waals surface area contributed by atoms with Crippen molar-refractivity contribution >= 4 is 29.3 Å². The lowest BCUT2D eigenvalue weighted by atomic mass is 10.2. The van der Waals surface area contributed by atoms with Gasteiger partial charge in [0.05, 0.1) is 11.7 Å². The number of aliphatic carboxylic acids is 1. The van der Waals surface area contributed by atoms with Crippen LogP contribution in [0.2, 0.25) is 0 Å². The molecule has 92 valence electrons. The largest absolute Gasteiger partial charge is 0.549 e. The zero-order valence-electron chi connectivity index (χ0n) is 9.73. The standard InChI is InChI=1S/C12H15NO3S/c1-8-3-5-10(6-4-8)13-11(14)7-17-9(2)12(15)16/h3-6,9H,7H2,1-2H3,(H,13,14)(H,15,16)/p-1/t9-/m1/s1. The Morgan fingerprint density at radius 3 is 2.47 bits per heavy atom. The highest BCUT2D eigenvalue weighted by molar-refractivity contribution is 8.01. The summed E-state index contributed by atoms with van der Waals surface area (Å²) in [5.74, 6) is -1.27. The molecule has 1 rings (SSSR count). The highest BCUT2D eigenvalue weighted by atomic mass is 32.2. The van der Waals surface area contributed by atoms with Crippen LogP contribution in [-0.2, 0) is 9.59 Å². The summed E-state index contributed by atoms with van der Waals surface area (Å²) >= 11 is 1.04. The molecular weight excluding hydrogens is 238 g/mol. The molecular formula is C12H14NO3S-. The molecule has 5 heteroatoms. The summed E-state index contributed by atoms with van der Waals surface area (Å²) < 4.78 is 0. The van der Waals surface area contributed by atoms with Crippen LogP contribution in [0.1, 0.15) is 12.5 Å². The molecule has 0 aliphatic carbocycles. The fraction of sp³-hybridized carbons (Fsp3) is 0.333. The molecule has 0 aromatic heterocycles. The van der Waals surface area contributed by atoms with E-state index >= 15 is 0 Å². The molecule has 0 unspecified atom stereocenters. The van der Waals surface area contributed by atoms with Gasteiger partial charge in [0.2, 0.25) is 5.91 Å². The third-order valence-electron chi connectivity index (χ3n) is 2.13. The Hall–Kier alpha value is -1.49. The fourth-order valence-corrected chi connectivity index (χ4v) is 1.71. The van der Waals surface area contributed by atoms with Crippen molar-refractivity contribution in [2.24, 2.45) is 0 Å². The van der Waals surface area contributed by atoms with Crippen LogP contribution >= 0.6 is 11.8 Å². The highest BCUT2D eigenvalue weighted by Gasteiger charge is 2.07. The van der Waals surface area contributed by atoms with Crippen LogP contribution in [-0.4, -0.2) is 22.9 Å². The molecule has 1 amide bonds. The van der Waals surface area contributed by atoms with E-state index in [1.165, 1.54) is 6.92 Å². The minimum Gasteiger partial charge on any atom is -0.549 e. The van der Waals surface area contributed by atoms with Crippen LogP contribution in [0.25, 0.3) is 0 Å². The average Bonchev–Trinajstić information content (AvgIpc) is 2.29. The summed E-state index contributed by atoms with van der Waals surface area (Å²) in [6, 6.07) is 7.40. The number of nitrogens with one attached hydrogen (secondary N) is 1. The van der Waals surface area contributed by atoms with E-state index in [1.807, 2.05) is 19.1 Å². The first-order valence-corrected chi connectivity index (χ1v) is 6.23. The number of hydrogen-bond acceptors (Lipinski definition) is 4. The van der Waals surface area contributed by atoms with Gasteiger partial charge < -0.3 is 15.2 Å². The van der Waals surface area contributed by atoms with Gasteiger partial charge in [0, 0.05) is 10.9 Å². The number of amides is 1. The summed E-state index contributed by atoms with van der Waals surface area (Å²) in [5.41, 5.74) is 1.82. The minimum absolute atomic E-state index is 0.100. The average molecular weight is 252 g/mol. The number of carbonyl (C=O) groups excluding carboxylic acids is 2. The van der Waals surface area contributed by atoms with Gasteiger partial charge in [-0.2, -0.15) is 0 Å². The lowest BCUT2D eigenvalue weighted by molar-refractivity contribution is -0.304. The van der Waals surface area contributed by atoms with Gasteiger partial charge in [-0.1, -0.05) is 17.7 Å². The molecule has 0 saturated heterocycles. The van der Waals surface area contributed by atoms with Crippen LogP contribution in [0.3, 0.4) is 0 Å². The Labute approximate surface area is 104 Å². The van der Waals surface area contributed by atoms with Crippen LogP contribution < -0.4 is 10.4 Å². The monoisotopic (exact) mass is 252 g/mol. The molecule has 17 heavy (non-hydrogen) atoms. The molecule has 1 aromatic carbocycles. The third-order valence-corrected chi connectivity index (χ3v) is 3.25. The van der Waals surface area contributed by atoms with Gasteiger partial charge in [0.15, 0.2) is 0 Å². The molecule has 0 fully saturated rings. The van der Waals surface area contributed by atoms with Crippen molar-refractivity contribution < 1.29 is 14.7 Å². The number of rotatable bonds is 5. The number of carboxylic acids is 1. The lowest BCUT2D eigenvalue weighted by Gasteiger charge is -2.11. The van der Waals surface area contributed by atoms with Gasteiger partial charge >= 0.3 is 0 Å². The summed E-state index contributed by atoms with van der Waals surface area (Å²) in [7, 11) is 0. The predicted octanol–water partition coefficient (Wildman–Crippen LogP) is 0.805. The molecule has 0 saturated carbocycles. The van der Waals surface area contributed by atoms with E-state index in [4.69, 9.17) is 0 Å². The highest BCUT2D eigenvalue weighted by Crippen LogP contribution is 2.12. The second-order valence-electron chi connectivity index (χ2n) is 3.69. The van der Waals surface area contributed by atoms with Crippen molar-refractivity contribution in [1.29, 1.82) is 0 Å². The van der Waals surface area contributed by atoms with Crippen LogP contribution in [0.15, 0.2) is 24.3 Å². The van der Waals surface area contributed by atoms with Gasteiger partial charge in [-0.25, -0.2) is 0 Å². The number of anilines is 1. The van der Waals surface area contributed by atoms with Crippen LogP contribution in [0.5, 0.6) is 0 Å². The van der Waals surface area contributed by atoms with E-state index in [2.05, 4.69) is 5.32 Å². The van der Waals surface area contributed by atoms with Gasteiger partial charge in [-0.05, 0) is 26.0 Å². The van der Waals surface area contributed by atoms with Crippen molar-refractivity contribution in [3.8, 4) is 0 Å². The van der Waals surface area contributed by atoms with Crippen molar-refractivity contribution in [1.82, 2.24) is 0 Å². The van der Waals surface area contributed by atoms with E-state index in [0.29, 0.717) is 5.69 Å². The summed E-state index contributed by atoms with van der Waals surface area (Å²) in [6.07, 6.45) is 0. The van der Waals surface area contributed by atoms with Gasteiger partial charge in [0.25, 0.3) is 0 Å². The number of carboxylic acid groups (broad SMARTS) is 1. The zero-order valence-corrected chi connectivity index (χ0v) is 10.5. The number of carbonyl (C=O) groups is 2. The quantitative estimate of drug-likeness (QED) is 0.841. The Morgan fingerprint density at radius 1 is 1.35 bits per heavy atom. The molecule has 0 aliphatic heterocycles. The number of aryl methyl sites for hydroxylation is 1. The molecule has 0 radical (unpaired) electrons. The normalized spacial score (nSPS) is 11.9. The second kappa shape index (κ2) is 6.30. The molecule has 0 aliphatic rings. The Balaban J connectivity index is 2.39. The third kappa shape index (κ3) is 4.91. The summed E-state index contributed by atoms with van der Waals surface area (Å²) in [5, 5.41) is 12.5. The number of thioether (sulfide) groups is 1. The molecule has 0 heterocycles. The van der Waals surface area contributed by atoms with Crippen LogP contribution in [0, 0.1) is 6.92 Å². The van der Waals surface area contributed by atoms with E-state index in [1.54, 1.807) is 12.1 Å². The maximum absolute atomic E-state index is 11.5. The molecule has 1 aromatic rings. The summed E-state index contributed by atoms with van der Waals surface area (Å²) in [6.45, 7) is 3.46. The van der Waals surface area contributed by atoms with E-state index in [9.17, 15) is 14.7 Å². The van der Waals surface area contributed by atoms with E-state index in [0.717, 1.165) is 17.3 Å². The van der Waals surface area contributed by atoms with Crippen LogP contribution in [0.4, 0.5) is 5.69 Å². The van der Waals surface area contributed by atoms with E-state index < -0.39 is 11.2 Å². The Bertz CT molecular complexity index is 403. The molecule has 0 bridgehead atoms. The zero-order chi connectivity index (χ0) is 12.8. The van der Waals surface area contributed by atoms with Crippen molar-refractivity contribution in [2.75, 3.05) is 11.1 Å². The Kier molecular flexibility index (Phi) is 5.03. The van der Waals surface area contributed by atoms with Gasteiger partial charge in [-0.3, -0.25) is 4.79 Å². The molecule has 1 N–H and O–H groups in total. The van der Waals surface area contributed by atoms with Crippen molar-refractivity contribution in [2.45, 2.75) is 19.1 Å². The number of hydrogen-bond donors (Lipinski definition) is 1. The van der Waals surface area contributed by atoms with Gasteiger partial charge in [-0.15, -0.1) is 11.8 Å². The van der Waals surface area contributed by atoms with Crippen molar-refractivity contribution in [3.05, 3.63) is 29.8 Å². The minimum atomic E-state index is -1.15. The maximum atomic E-state index is 11.5. The van der Waals surface area contributed by atoms with Gasteiger partial charge in [0.1, 0.15) is 0 Å². The molecule has 4 nitrogen and oxygen atoms in total. The first-order chi connectivity index (χ1) is 7.99. The lowest BCUT2D eigenvalue weighted by Crippen LogP contribution is -2.32. The Morgan fingerprint density at radius 2 is 1.94 bits per heavy atom. The second-order valence-corrected chi connectivity index (χ2v) is 5.02. The molecule has 0 spiro atoms. The SMILES string of the molecule is Cc1ccc(NC(=O)CS[C@H](C)C(=O)[O-])cc1. The maximum Gasteiger partial charge on any atom is 0.234 e. The first-order valence-electron chi connectivity index (χ1n) is 5.18. The topological polar surface area (TPSA) is 69.2 Å². The fourth-order valence-electron chi connectivity index (χ4n) is 1.10. The smallest absolute Gasteiger partial charge is 0.234 e. The number of benzene rings is 1. The molecule has 1 atom stereocenters. The predicted molar refractivity (Wildman–Crippen MR) is 66.7 cm³/mol.